The molecule has 0 radical (unpaired) electrons. The lowest BCUT2D eigenvalue weighted by atomic mass is 10.1. The van der Waals surface area contributed by atoms with Crippen molar-refractivity contribution in [2.75, 3.05) is 13.7 Å². The highest BCUT2D eigenvalue weighted by Crippen LogP contribution is 2.26. The first kappa shape index (κ1) is 17.7. The summed E-state index contributed by atoms with van der Waals surface area (Å²) in [5.74, 6) is 0.608. The maximum Gasteiger partial charge on any atom is 0.241 e. The van der Waals surface area contributed by atoms with Crippen LogP contribution in [0.25, 0.3) is 0 Å². The number of hydrogen-bond donors (Lipinski definition) is 1. The second kappa shape index (κ2) is 6.49. The predicted molar refractivity (Wildman–Crippen MR) is 88.0 cm³/mol. The number of nitrogens with zero attached hydrogens (tertiary/aromatic N) is 1. The minimum atomic E-state index is -3.69. The molecule has 1 aromatic rings. The van der Waals surface area contributed by atoms with Crippen LogP contribution in [-0.2, 0) is 14.8 Å². The third-order valence-electron chi connectivity index (χ3n) is 4.04. The number of carbonyl (C=O) groups excluding carboxylic acids is 1. The molecule has 1 unspecified atom stereocenters. The van der Waals surface area contributed by atoms with Crippen LogP contribution < -0.4 is 9.46 Å². The van der Waals surface area contributed by atoms with Crippen molar-refractivity contribution in [1.82, 2.24) is 9.62 Å². The van der Waals surface area contributed by atoms with Gasteiger partial charge in [-0.1, -0.05) is 0 Å². The number of sulfonamides is 1. The van der Waals surface area contributed by atoms with Gasteiger partial charge in [0.1, 0.15) is 5.75 Å². The maximum absolute atomic E-state index is 12.7. The third kappa shape index (κ3) is 3.67. The molecule has 6 nitrogen and oxygen atoms in total. The largest absolute Gasteiger partial charge is 0.497 e. The van der Waals surface area contributed by atoms with E-state index in [1.165, 1.54) is 0 Å². The van der Waals surface area contributed by atoms with E-state index in [2.05, 4.69) is 4.72 Å². The van der Waals surface area contributed by atoms with Gasteiger partial charge < -0.3 is 9.64 Å². The number of aryl methyl sites for hydroxylation is 2. The summed E-state index contributed by atoms with van der Waals surface area (Å²) in [5, 5.41) is 0. The standard InChI is InChI=1S/C16H24N2O4S/c1-10(2)18-9-13(8-15(18)19)17-23(20,21)16-11(3)6-14(22-5)7-12(16)4/h6-7,10,13,17H,8-9H2,1-5H3. The van der Waals surface area contributed by atoms with Gasteiger partial charge in [0, 0.05) is 25.0 Å². The maximum atomic E-state index is 12.7. The van der Waals surface area contributed by atoms with E-state index in [0.29, 0.717) is 23.4 Å². The van der Waals surface area contributed by atoms with Gasteiger partial charge in [-0.05, 0) is 51.0 Å². The number of ether oxygens (including phenoxy) is 1. The number of benzene rings is 1. The Balaban J connectivity index is 2.26. The van der Waals surface area contributed by atoms with Gasteiger partial charge in [-0.3, -0.25) is 4.79 Å². The Bertz CT molecular complexity index is 690. The molecule has 23 heavy (non-hydrogen) atoms. The summed E-state index contributed by atoms with van der Waals surface area (Å²) in [6.45, 7) is 7.73. The zero-order valence-electron chi connectivity index (χ0n) is 14.2. The lowest BCUT2D eigenvalue weighted by Crippen LogP contribution is -2.39. The fourth-order valence-corrected chi connectivity index (χ4v) is 4.72. The van der Waals surface area contributed by atoms with Gasteiger partial charge in [0.2, 0.25) is 15.9 Å². The smallest absolute Gasteiger partial charge is 0.241 e. The van der Waals surface area contributed by atoms with Crippen molar-refractivity contribution >= 4 is 15.9 Å². The zero-order chi connectivity index (χ0) is 17.4. The lowest BCUT2D eigenvalue weighted by Gasteiger charge is -2.21. The van der Waals surface area contributed by atoms with E-state index in [4.69, 9.17) is 4.74 Å². The van der Waals surface area contributed by atoms with Gasteiger partial charge in [-0.2, -0.15) is 0 Å². The van der Waals surface area contributed by atoms with Crippen LogP contribution in [-0.4, -0.2) is 45.0 Å². The molecule has 1 saturated heterocycles. The van der Waals surface area contributed by atoms with E-state index >= 15 is 0 Å². The number of amides is 1. The highest BCUT2D eigenvalue weighted by molar-refractivity contribution is 7.89. The van der Waals surface area contributed by atoms with E-state index in [1.54, 1.807) is 38.0 Å². The minimum absolute atomic E-state index is 0.0177. The fraction of sp³-hybridized carbons (Fsp3) is 0.562. The summed E-state index contributed by atoms with van der Waals surface area (Å²) < 4.78 is 33.3. The van der Waals surface area contributed by atoms with Crippen LogP contribution in [0.15, 0.2) is 17.0 Å². The van der Waals surface area contributed by atoms with Gasteiger partial charge in [0.15, 0.2) is 0 Å². The van der Waals surface area contributed by atoms with Crippen LogP contribution in [0, 0.1) is 13.8 Å². The summed E-state index contributed by atoms with van der Waals surface area (Å²) in [6, 6.07) is 3.07. The van der Waals surface area contributed by atoms with Crippen LogP contribution in [0.4, 0.5) is 0 Å². The predicted octanol–water partition coefficient (Wildman–Crippen LogP) is 1.60. The molecule has 0 aromatic heterocycles. The van der Waals surface area contributed by atoms with Crippen LogP contribution in [0.1, 0.15) is 31.4 Å². The van der Waals surface area contributed by atoms with E-state index in [-0.39, 0.29) is 23.3 Å². The van der Waals surface area contributed by atoms with Crippen LogP contribution in [0.2, 0.25) is 0 Å². The molecule has 0 saturated carbocycles. The molecule has 0 bridgehead atoms. The molecule has 1 fully saturated rings. The summed E-state index contributed by atoms with van der Waals surface area (Å²) in [4.78, 5) is 13.9. The Morgan fingerprint density at radius 3 is 2.26 bits per heavy atom. The number of hydrogen-bond acceptors (Lipinski definition) is 4. The molecule has 1 N–H and O–H groups in total. The molecule has 0 spiro atoms. The highest BCUT2D eigenvalue weighted by Gasteiger charge is 2.34. The average Bonchev–Trinajstić information content (AvgIpc) is 2.77. The van der Waals surface area contributed by atoms with E-state index < -0.39 is 16.1 Å². The van der Waals surface area contributed by atoms with Crippen LogP contribution in [0.3, 0.4) is 0 Å². The van der Waals surface area contributed by atoms with E-state index in [9.17, 15) is 13.2 Å². The highest BCUT2D eigenvalue weighted by atomic mass is 32.2. The monoisotopic (exact) mass is 340 g/mol. The topological polar surface area (TPSA) is 75.7 Å². The quantitative estimate of drug-likeness (QED) is 0.883. The first-order chi connectivity index (χ1) is 10.7. The average molecular weight is 340 g/mol. The summed E-state index contributed by atoms with van der Waals surface area (Å²) in [6.07, 6.45) is 0.200. The molecule has 7 heteroatoms. The molecular formula is C16H24N2O4S. The molecule has 1 aromatic carbocycles. The zero-order valence-corrected chi connectivity index (χ0v) is 15.0. The molecule has 1 amide bonds. The Labute approximate surface area is 137 Å². The third-order valence-corrected chi connectivity index (χ3v) is 5.87. The molecular weight excluding hydrogens is 316 g/mol. The van der Waals surface area contributed by atoms with Crippen molar-refractivity contribution in [1.29, 1.82) is 0 Å². The van der Waals surface area contributed by atoms with Gasteiger partial charge in [-0.25, -0.2) is 13.1 Å². The Kier molecular flexibility index (Phi) is 5.01. The normalized spacial score (nSPS) is 18.8. The lowest BCUT2D eigenvalue weighted by molar-refractivity contribution is -0.129. The van der Waals surface area contributed by atoms with Crippen molar-refractivity contribution in [2.45, 2.75) is 51.1 Å². The first-order valence-electron chi connectivity index (χ1n) is 7.62. The molecule has 2 rings (SSSR count). The van der Waals surface area contributed by atoms with Crippen molar-refractivity contribution in [2.24, 2.45) is 0 Å². The van der Waals surface area contributed by atoms with E-state index in [0.717, 1.165) is 0 Å². The van der Waals surface area contributed by atoms with Crippen molar-refractivity contribution in [3.05, 3.63) is 23.3 Å². The number of nitrogens with one attached hydrogen (secondary N) is 1. The minimum Gasteiger partial charge on any atom is -0.497 e. The van der Waals surface area contributed by atoms with Crippen molar-refractivity contribution in [3.8, 4) is 5.75 Å². The van der Waals surface area contributed by atoms with Crippen molar-refractivity contribution in [3.63, 3.8) is 0 Å². The molecule has 0 aliphatic carbocycles. The van der Waals surface area contributed by atoms with Gasteiger partial charge in [0.05, 0.1) is 12.0 Å². The van der Waals surface area contributed by atoms with Gasteiger partial charge in [0.25, 0.3) is 0 Å². The molecule has 1 atom stereocenters. The summed E-state index contributed by atoms with van der Waals surface area (Å²) >= 11 is 0. The Hall–Kier alpha value is -1.60. The van der Waals surface area contributed by atoms with E-state index in [1.807, 2.05) is 13.8 Å². The first-order valence-corrected chi connectivity index (χ1v) is 9.11. The summed E-state index contributed by atoms with van der Waals surface area (Å²) in [5.41, 5.74) is 1.25. The molecule has 1 heterocycles. The second-order valence-corrected chi connectivity index (χ2v) is 7.90. The fourth-order valence-electron chi connectivity index (χ4n) is 3.04. The summed E-state index contributed by atoms with van der Waals surface area (Å²) in [7, 11) is -2.14. The van der Waals surface area contributed by atoms with Crippen molar-refractivity contribution < 1.29 is 17.9 Å². The SMILES string of the molecule is COc1cc(C)c(S(=O)(=O)NC2CC(=O)N(C(C)C)C2)c(C)c1. The van der Waals surface area contributed by atoms with Gasteiger partial charge >= 0.3 is 0 Å². The van der Waals surface area contributed by atoms with Crippen LogP contribution >= 0.6 is 0 Å². The number of carbonyl (C=O) groups is 1. The molecule has 1 aliphatic rings. The number of methoxy groups -OCH3 is 1. The van der Waals surface area contributed by atoms with Gasteiger partial charge in [-0.15, -0.1) is 0 Å². The molecule has 1 aliphatic heterocycles. The Morgan fingerprint density at radius 2 is 1.83 bits per heavy atom. The number of rotatable bonds is 5. The molecule has 128 valence electrons. The van der Waals surface area contributed by atoms with Crippen LogP contribution in [0.5, 0.6) is 5.75 Å². The Morgan fingerprint density at radius 1 is 1.26 bits per heavy atom. The second-order valence-electron chi connectivity index (χ2n) is 6.25. The number of likely N-dealkylation sites (tertiary alicyclic amines) is 1.